The van der Waals surface area contributed by atoms with Crippen molar-refractivity contribution in [2.24, 2.45) is 5.92 Å². The topological polar surface area (TPSA) is 113 Å². The standard InChI is InChI=1S/C30H44N4O4/c1-20(2)17-25(31-19-22-9-13-23(14-10-22)29(3,4)5)27(35)32-26(28(36)33-30(6,7)8)18-21-11-15-24(16-12-21)34(37)38/h9-16,20,25-26,31H,17-19H2,1-8H3,(H,32,35)(H,33,36)/t25-,26+/m0/s1. The van der Waals surface area contributed by atoms with E-state index in [2.05, 4.69) is 74.8 Å². The van der Waals surface area contributed by atoms with Crippen LogP contribution in [0, 0.1) is 16.0 Å². The first-order valence-corrected chi connectivity index (χ1v) is 13.2. The largest absolute Gasteiger partial charge is 0.350 e. The first-order chi connectivity index (χ1) is 17.5. The van der Waals surface area contributed by atoms with Crippen LogP contribution < -0.4 is 16.0 Å². The van der Waals surface area contributed by atoms with Crippen LogP contribution in [0.25, 0.3) is 0 Å². The molecular formula is C30H44N4O4. The number of amides is 2. The Morgan fingerprint density at radius 2 is 1.39 bits per heavy atom. The van der Waals surface area contributed by atoms with Crippen LogP contribution in [0.4, 0.5) is 5.69 Å². The van der Waals surface area contributed by atoms with Gasteiger partial charge in [0.2, 0.25) is 11.8 Å². The molecule has 0 aliphatic rings. The van der Waals surface area contributed by atoms with Gasteiger partial charge in [-0.25, -0.2) is 0 Å². The molecule has 2 rings (SSSR count). The molecule has 38 heavy (non-hydrogen) atoms. The van der Waals surface area contributed by atoms with E-state index in [0.29, 0.717) is 13.0 Å². The summed E-state index contributed by atoms with van der Waals surface area (Å²) in [6, 6.07) is 13.1. The predicted octanol–water partition coefficient (Wildman–Crippen LogP) is 5.04. The molecule has 0 heterocycles. The maximum atomic E-state index is 13.5. The highest BCUT2D eigenvalue weighted by atomic mass is 16.6. The highest BCUT2D eigenvalue weighted by Crippen LogP contribution is 2.22. The number of nitrogens with zero attached hydrogens (tertiary/aromatic N) is 1. The molecule has 0 saturated heterocycles. The number of hydrogen-bond donors (Lipinski definition) is 3. The summed E-state index contributed by atoms with van der Waals surface area (Å²) in [6.07, 6.45) is 0.825. The van der Waals surface area contributed by atoms with E-state index in [1.807, 2.05) is 20.8 Å². The van der Waals surface area contributed by atoms with Crippen LogP contribution in [-0.2, 0) is 28.0 Å². The third-order valence-electron chi connectivity index (χ3n) is 6.11. The fraction of sp³-hybridized carbons (Fsp3) is 0.533. The third-order valence-corrected chi connectivity index (χ3v) is 6.11. The molecule has 0 radical (unpaired) electrons. The second kappa shape index (κ2) is 13.0. The molecule has 0 aromatic heterocycles. The van der Waals surface area contributed by atoms with E-state index in [4.69, 9.17) is 0 Å². The molecule has 0 bridgehead atoms. The quantitative estimate of drug-likeness (QED) is 0.282. The Labute approximate surface area is 227 Å². The smallest absolute Gasteiger partial charge is 0.269 e. The molecule has 0 aliphatic carbocycles. The van der Waals surface area contributed by atoms with Gasteiger partial charge in [0.15, 0.2) is 0 Å². The van der Waals surface area contributed by atoms with E-state index >= 15 is 0 Å². The summed E-state index contributed by atoms with van der Waals surface area (Å²) in [6.45, 7) is 16.8. The van der Waals surface area contributed by atoms with Crippen LogP contribution >= 0.6 is 0 Å². The monoisotopic (exact) mass is 524 g/mol. The fourth-order valence-corrected chi connectivity index (χ4v) is 4.05. The zero-order valence-corrected chi connectivity index (χ0v) is 24.1. The second-order valence-corrected chi connectivity index (χ2v) is 12.4. The molecule has 0 spiro atoms. The van der Waals surface area contributed by atoms with E-state index in [-0.39, 0.29) is 35.3 Å². The van der Waals surface area contributed by atoms with Crippen molar-refractivity contribution >= 4 is 17.5 Å². The minimum Gasteiger partial charge on any atom is -0.350 e. The minimum absolute atomic E-state index is 0.0230. The zero-order valence-electron chi connectivity index (χ0n) is 24.1. The molecule has 208 valence electrons. The van der Waals surface area contributed by atoms with Crippen LogP contribution in [-0.4, -0.2) is 34.4 Å². The van der Waals surface area contributed by atoms with Gasteiger partial charge in [-0.3, -0.25) is 19.7 Å². The van der Waals surface area contributed by atoms with Gasteiger partial charge >= 0.3 is 0 Å². The molecule has 0 saturated carbocycles. The van der Waals surface area contributed by atoms with Crippen molar-refractivity contribution in [3.63, 3.8) is 0 Å². The van der Waals surface area contributed by atoms with Gasteiger partial charge in [-0.05, 0) is 55.2 Å². The Balaban J connectivity index is 2.19. The molecule has 2 atom stereocenters. The SMILES string of the molecule is CC(C)C[C@H](NCc1ccc(C(C)(C)C)cc1)C(=O)N[C@H](Cc1ccc([N+](=O)[O-])cc1)C(=O)NC(C)(C)C. The van der Waals surface area contributed by atoms with Gasteiger partial charge in [0.1, 0.15) is 6.04 Å². The first kappa shape index (κ1) is 31.0. The van der Waals surface area contributed by atoms with Crippen molar-refractivity contribution in [1.29, 1.82) is 0 Å². The van der Waals surface area contributed by atoms with E-state index < -0.39 is 22.5 Å². The molecule has 0 unspecified atom stereocenters. The lowest BCUT2D eigenvalue weighted by atomic mass is 9.87. The molecular weight excluding hydrogens is 480 g/mol. The van der Waals surface area contributed by atoms with E-state index in [0.717, 1.165) is 11.1 Å². The molecule has 0 aliphatic heterocycles. The molecule has 8 nitrogen and oxygen atoms in total. The van der Waals surface area contributed by atoms with Gasteiger partial charge in [-0.2, -0.15) is 0 Å². The minimum atomic E-state index is -0.828. The summed E-state index contributed by atoms with van der Waals surface area (Å²) >= 11 is 0. The highest BCUT2D eigenvalue weighted by molar-refractivity contribution is 5.90. The van der Waals surface area contributed by atoms with E-state index in [9.17, 15) is 19.7 Å². The lowest BCUT2D eigenvalue weighted by molar-refractivity contribution is -0.384. The van der Waals surface area contributed by atoms with Crippen molar-refractivity contribution in [3.8, 4) is 0 Å². The summed E-state index contributed by atoms with van der Waals surface area (Å²) < 4.78 is 0. The third kappa shape index (κ3) is 10.2. The van der Waals surface area contributed by atoms with Crippen molar-refractivity contribution in [1.82, 2.24) is 16.0 Å². The average molecular weight is 525 g/mol. The first-order valence-electron chi connectivity index (χ1n) is 13.2. The van der Waals surface area contributed by atoms with Gasteiger partial charge in [0.25, 0.3) is 5.69 Å². The van der Waals surface area contributed by atoms with Crippen LogP contribution in [0.3, 0.4) is 0 Å². The van der Waals surface area contributed by atoms with E-state index in [1.165, 1.54) is 17.7 Å². The molecule has 2 aromatic carbocycles. The van der Waals surface area contributed by atoms with Crippen molar-refractivity contribution in [3.05, 3.63) is 75.3 Å². The Morgan fingerprint density at radius 1 is 0.842 bits per heavy atom. The molecule has 2 aromatic rings. The lowest BCUT2D eigenvalue weighted by Crippen LogP contribution is -2.56. The van der Waals surface area contributed by atoms with Crippen molar-refractivity contribution < 1.29 is 14.5 Å². The molecule has 3 N–H and O–H groups in total. The Hall–Kier alpha value is -3.26. The predicted molar refractivity (Wildman–Crippen MR) is 152 cm³/mol. The normalized spacial score (nSPS) is 13.6. The van der Waals surface area contributed by atoms with Crippen LogP contribution in [0.2, 0.25) is 0 Å². The van der Waals surface area contributed by atoms with Crippen LogP contribution in [0.15, 0.2) is 48.5 Å². The summed E-state index contributed by atoms with van der Waals surface area (Å²) in [5.74, 6) is -0.288. The molecule has 8 heteroatoms. The lowest BCUT2D eigenvalue weighted by Gasteiger charge is -2.28. The Morgan fingerprint density at radius 3 is 1.87 bits per heavy atom. The van der Waals surface area contributed by atoms with Crippen LogP contribution in [0.5, 0.6) is 0 Å². The zero-order chi connectivity index (χ0) is 28.7. The number of carbonyl (C=O) groups excluding carboxylic acids is 2. The van der Waals surface area contributed by atoms with Crippen molar-refractivity contribution in [2.45, 2.75) is 97.8 Å². The Bertz CT molecular complexity index is 1080. The molecule has 0 fully saturated rings. The van der Waals surface area contributed by atoms with Gasteiger partial charge < -0.3 is 16.0 Å². The van der Waals surface area contributed by atoms with Gasteiger partial charge in [0, 0.05) is 30.6 Å². The second-order valence-electron chi connectivity index (χ2n) is 12.4. The number of carbonyl (C=O) groups is 2. The van der Waals surface area contributed by atoms with Gasteiger partial charge in [-0.15, -0.1) is 0 Å². The maximum Gasteiger partial charge on any atom is 0.269 e. The summed E-state index contributed by atoms with van der Waals surface area (Å²) in [5.41, 5.74) is 2.61. The van der Waals surface area contributed by atoms with Gasteiger partial charge in [0.05, 0.1) is 11.0 Å². The number of non-ortho nitro benzene ring substituents is 1. The number of rotatable bonds is 11. The van der Waals surface area contributed by atoms with Crippen LogP contribution in [0.1, 0.15) is 78.5 Å². The Kier molecular flexibility index (Phi) is 10.6. The maximum absolute atomic E-state index is 13.5. The average Bonchev–Trinajstić information content (AvgIpc) is 2.80. The van der Waals surface area contributed by atoms with Gasteiger partial charge in [-0.1, -0.05) is 71.0 Å². The number of benzene rings is 2. The number of hydrogen-bond acceptors (Lipinski definition) is 5. The van der Waals surface area contributed by atoms with E-state index in [1.54, 1.807) is 12.1 Å². The molecule has 2 amide bonds. The summed E-state index contributed by atoms with van der Waals surface area (Å²) in [4.78, 5) is 37.2. The number of nitro benzene ring substituents is 1. The highest BCUT2D eigenvalue weighted by Gasteiger charge is 2.28. The fourth-order valence-electron chi connectivity index (χ4n) is 4.05. The summed E-state index contributed by atoms with van der Waals surface area (Å²) in [5, 5.41) is 20.3. The number of nitrogens with one attached hydrogen (secondary N) is 3. The number of nitro groups is 1. The van der Waals surface area contributed by atoms with Crippen molar-refractivity contribution in [2.75, 3.05) is 0 Å². The summed E-state index contributed by atoms with van der Waals surface area (Å²) in [7, 11) is 0.